The Bertz CT molecular complexity index is 967. The highest BCUT2D eigenvalue weighted by Gasteiger charge is 2.55. The van der Waals surface area contributed by atoms with Gasteiger partial charge in [0.05, 0.1) is 10.6 Å². The van der Waals surface area contributed by atoms with Gasteiger partial charge in [-0.1, -0.05) is 31.4 Å². The van der Waals surface area contributed by atoms with E-state index in [1.807, 2.05) is 6.92 Å². The van der Waals surface area contributed by atoms with Crippen LogP contribution in [-0.4, -0.2) is 70.9 Å². The molecule has 0 aromatic carbocycles. The number of alkyl halides is 3. The van der Waals surface area contributed by atoms with Crippen molar-refractivity contribution in [1.29, 1.82) is 0 Å². The lowest BCUT2D eigenvalue weighted by Crippen LogP contribution is -2.55. The van der Waals surface area contributed by atoms with Crippen molar-refractivity contribution in [3.8, 4) is 0 Å². The number of rotatable bonds is 3. The van der Waals surface area contributed by atoms with Crippen molar-refractivity contribution in [2.45, 2.75) is 44.3 Å². The standard InChI is InChI=1S/C21H25ClF3N5O3/c1-13-4-2-3-5-20(13)18(32)30(19(33)27-20)12-16(31)28-6-8-29(9-7-28)17-15(22)10-14(11-26-17)21(23,24)25/h10-11,13H,2-9,12H2,1H3,(H,27,33)/t13-,20-/m1/s1. The number of amides is 4. The van der Waals surface area contributed by atoms with E-state index in [0.717, 1.165) is 36.4 Å². The summed E-state index contributed by atoms with van der Waals surface area (Å²) in [6, 6.07) is 0.294. The second-order valence-electron chi connectivity index (χ2n) is 8.83. The Morgan fingerprint density at radius 2 is 1.94 bits per heavy atom. The van der Waals surface area contributed by atoms with E-state index in [1.165, 1.54) is 4.90 Å². The van der Waals surface area contributed by atoms with Gasteiger partial charge < -0.3 is 15.1 Å². The van der Waals surface area contributed by atoms with E-state index >= 15 is 0 Å². The average molecular weight is 488 g/mol. The van der Waals surface area contributed by atoms with Crippen LogP contribution in [0.4, 0.5) is 23.8 Å². The number of urea groups is 1. The van der Waals surface area contributed by atoms with E-state index < -0.39 is 23.3 Å². The second kappa shape index (κ2) is 8.66. The molecule has 1 spiro atoms. The van der Waals surface area contributed by atoms with E-state index in [9.17, 15) is 27.6 Å². The molecule has 1 aliphatic carbocycles. The number of halogens is 4. The Labute approximate surface area is 194 Å². The Morgan fingerprint density at radius 3 is 2.55 bits per heavy atom. The maximum absolute atomic E-state index is 13.1. The van der Waals surface area contributed by atoms with Crippen LogP contribution >= 0.6 is 11.6 Å². The number of carbonyl (C=O) groups excluding carboxylic acids is 3. The molecule has 2 saturated heterocycles. The molecule has 3 aliphatic rings. The van der Waals surface area contributed by atoms with Crippen LogP contribution in [0.5, 0.6) is 0 Å². The summed E-state index contributed by atoms with van der Waals surface area (Å²) in [6.07, 6.45) is -0.529. The summed E-state index contributed by atoms with van der Waals surface area (Å²) in [5.74, 6) is -0.469. The SMILES string of the molecule is C[C@@H]1CCCC[C@@]12NC(=O)N(CC(=O)N1CCN(c3ncc(C(F)(F)F)cc3Cl)CC1)C2=O. The maximum atomic E-state index is 13.1. The Morgan fingerprint density at radius 1 is 1.24 bits per heavy atom. The van der Waals surface area contributed by atoms with Crippen LogP contribution in [0.1, 0.15) is 38.2 Å². The largest absolute Gasteiger partial charge is 0.417 e. The first kappa shape index (κ1) is 23.6. The van der Waals surface area contributed by atoms with Crippen molar-refractivity contribution in [2.24, 2.45) is 5.92 Å². The number of hydrogen-bond acceptors (Lipinski definition) is 5. The highest BCUT2D eigenvalue weighted by molar-refractivity contribution is 6.33. The van der Waals surface area contributed by atoms with Crippen LogP contribution in [0.15, 0.2) is 12.3 Å². The van der Waals surface area contributed by atoms with Crippen LogP contribution < -0.4 is 10.2 Å². The molecule has 180 valence electrons. The van der Waals surface area contributed by atoms with Crippen LogP contribution in [0.25, 0.3) is 0 Å². The fourth-order valence-corrected chi connectivity index (χ4v) is 5.15. The maximum Gasteiger partial charge on any atom is 0.417 e. The van der Waals surface area contributed by atoms with E-state index in [0.29, 0.717) is 19.5 Å². The monoisotopic (exact) mass is 487 g/mol. The van der Waals surface area contributed by atoms with Crippen molar-refractivity contribution in [3.63, 3.8) is 0 Å². The normalized spacial score (nSPS) is 26.2. The molecule has 4 amide bonds. The first-order valence-electron chi connectivity index (χ1n) is 10.9. The number of anilines is 1. The number of pyridine rings is 1. The van der Waals surface area contributed by atoms with Crippen molar-refractivity contribution in [3.05, 3.63) is 22.8 Å². The summed E-state index contributed by atoms with van der Waals surface area (Å²) in [5.41, 5.74) is -1.84. The van der Waals surface area contributed by atoms with E-state index in [-0.39, 0.29) is 48.2 Å². The minimum Gasteiger partial charge on any atom is -0.352 e. The van der Waals surface area contributed by atoms with Crippen LogP contribution in [0.2, 0.25) is 5.02 Å². The van der Waals surface area contributed by atoms with Crippen molar-refractivity contribution >= 4 is 35.3 Å². The zero-order chi connectivity index (χ0) is 24.0. The quantitative estimate of drug-likeness (QED) is 0.663. The molecule has 12 heteroatoms. The third-order valence-electron chi connectivity index (χ3n) is 6.88. The number of imide groups is 1. The molecule has 3 heterocycles. The lowest BCUT2D eigenvalue weighted by atomic mass is 9.73. The molecule has 0 unspecified atom stereocenters. The average Bonchev–Trinajstić information content (AvgIpc) is 3.00. The first-order valence-corrected chi connectivity index (χ1v) is 11.3. The van der Waals surface area contributed by atoms with Gasteiger partial charge in [-0.15, -0.1) is 0 Å². The summed E-state index contributed by atoms with van der Waals surface area (Å²) in [5, 5.41) is 2.72. The van der Waals surface area contributed by atoms with Gasteiger partial charge in [-0.05, 0) is 24.8 Å². The van der Waals surface area contributed by atoms with Crippen molar-refractivity contribution in [1.82, 2.24) is 20.1 Å². The molecule has 33 heavy (non-hydrogen) atoms. The summed E-state index contributed by atoms with van der Waals surface area (Å²) in [4.78, 5) is 46.5. The molecular weight excluding hydrogens is 463 g/mol. The van der Waals surface area contributed by atoms with Crippen molar-refractivity contribution < 1.29 is 27.6 Å². The summed E-state index contributed by atoms with van der Waals surface area (Å²) >= 11 is 6.02. The molecule has 8 nitrogen and oxygen atoms in total. The molecule has 2 aliphatic heterocycles. The Kier molecular flexibility index (Phi) is 6.19. The van der Waals surface area contributed by atoms with E-state index in [2.05, 4.69) is 10.3 Å². The number of nitrogens with one attached hydrogen (secondary N) is 1. The van der Waals surface area contributed by atoms with E-state index in [1.54, 1.807) is 4.90 Å². The third kappa shape index (κ3) is 4.34. The molecule has 0 bridgehead atoms. The molecule has 1 aromatic rings. The Balaban J connectivity index is 1.36. The van der Waals surface area contributed by atoms with Gasteiger partial charge >= 0.3 is 12.2 Å². The fraction of sp³-hybridized carbons (Fsp3) is 0.619. The highest BCUT2D eigenvalue weighted by atomic mass is 35.5. The zero-order valence-electron chi connectivity index (χ0n) is 18.1. The third-order valence-corrected chi connectivity index (χ3v) is 7.15. The highest BCUT2D eigenvalue weighted by Crippen LogP contribution is 2.38. The summed E-state index contributed by atoms with van der Waals surface area (Å²) in [6.45, 7) is 2.77. The van der Waals surface area contributed by atoms with Gasteiger partial charge in [-0.2, -0.15) is 13.2 Å². The van der Waals surface area contributed by atoms with Gasteiger partial charge in [0, 0.05) is 32.4 Å². The van der Waals surface area contributed by atoms with Gasteiger partial charge in [-0.3, -0.25) is 14.5 Å². The molecular formula is C21H25ClF3N5O3. The number of hydrogen-bond donors (Lipinski definition) is 1. The first-order chi connectivity index (χ1) is 15.5. The number of carbonyl (C=O) groups is 3. The number of aromatic nitrogens is 1. The van der Waals surface area contributed by atoms with Crippen molar-refractivity contribution in [2.75, 3.05) is 37.6 Å². The van der Waals surface area contributed by atoms with Gasteiger partial charge in [0.2, 0.25) is 5.91 Å². The van der Waals surface area contributed by atoms with Gasteiger partial charge in [-0.25, -0.2) is 9.78 Å². The smallest absolute Gasteiger partial charge is 0.352 e. The fourth-order valence-electron chi connectivity index (χ4n) is 4.86. The van der Waals surface area contributed by atoms with E-state index in [4.69, 9.17) is 11.6 Å². The number of nitrogens with zero attached hydrogens (tertiary/aromatic N) is 4. The topological polar surface area (TPSA) is 85.8 Å². The summed E-state index contributed by atoms with van der Waals surface area (Å²) in [7, 11) is 0. The lowest BCUT2D eigenvalue weighted by Gasteiger charge is -2.37. The molecule has 1 aromatic heterocycles. The lowest BCUT2D eigenvalue weighted by molar-refractivity contribution is -0.140. The summed E-state index contributed by atoms with van der Waals surface area (Å²) < 4.78 is 38.5. The van der Waals surface area contributed by atoms with Gasteiger partial charge in [0.25, 0.3) is 5.91 Å². The molecule has 1 N–H and O–H groups in total. The molecule has 4 rings (SSSR count). The second-order valence-corrected chi connectivity index (χ2v) is 9.24. The van der Waals surface area contributed by atoms with Gasteiger partial charge in [0.15, 0.2) is 0 Å². The zero-order valence-corrected chi connectivity index (χ0v) is 18.9. The Hall–Kier alpha value is -2.56. The van der Waals surface area contributed by atoms with Crippen LogP contribution in [0.3, 0.4) is 0 Å². The van der Waals surface area contributed by atoms with Crippen LogP contribution in [0, 0.1) is 5.92 Å². The van der Waals surface area contributed by atoms with Crippen LogP contribution in [-0.2, 0) is 15.8 Å². The molecule has 1 saturated carbocycles. The minimum atomic E-state index is -4.53. The molecule has 0 radical (unpaired) electrons. The predicted octanol–water partition coefficient (Wildman–Crippen LogP) is 2.90. The predicted molar refractivity (Wildman–Crippen MR) is 114 cm³/mol. The van der Waals surface area contributed by atoms with Gasteiger partial charge in [0.1, 0.15) is 17.9 Å². The molecule has 3 fully saturated rings. The molecule has 2 atom stereocenters. The minimum absolute atomic E-state index is 0.00679. The number of piperazine rings is 1.